The molecule has 1 aromatic carbocycles. The number of carbonyl (C=O) groups excluding carboxylic acids is 2. The van der Waals surface area contributed by atoms with Crippen LogP contribution in [-0.4, -0.2) is 28.4 Å². The molecule has 1 N–H and O–H groups in total. The van der Waals surface area contributed by atoms with Crippen LogP contribution in [0.15, 0.2) is 28.7 Å². The second-order valence-corrected chi connectivity index (χ2v) is 5.67. The predicted molar refractivity (Wildman–Crippen MR) is 78.4 cm³/mol. The van der Waals surface area contributed by atoms with Crippen LogP contribution >= 0.6 is 15.9 Å². The zero-order valence-electron chi connectivity index (χ0n) is 10.8. The molecule has 2 heterocycles. The standard InChI is InChI=1S/C14H12BrN3O2/c1-8-13(9-2-4-10(15)5-3-9)14(17-16-8)18-7-11(19)6-12(18)20/h2-5H,6-7H2,1H3,(H,16,17). The van der Waals surface area contributed by atoms with Gasteiger partial charge in [0, 0.05) is 15.7 Å². The summed E-state index contributed by atoms with van der Waals surface area (Å²) in [5, 5.41) is 7.09. The van der Waals surface area contributed by atoms with Gasteiger partial charge in [0.1, 0.15) is 0 Å². The summed E-state index contributed by atoms with van der Waals surface area (Å²) in [4.78, 5) is 24.8. The van der Waals surface area contributed by atoms with Crippen LogP contribution in [0.4, 0.5) is 5.82 Å². The number of aromatic nitrogens is 2. The van der Waals surface area contributed by atoms with Gasteiger partial charge in [-0.25, -0.2) is 0 Å². The van der Waals surface area contributed by atoms with Gasteiger partial charge in [-0.15, -0.1) is 0 Å². The van der Waals surface area contributed by atoms with E-state index in [1.165, 1.54) is 4.90 Å². The Balaban J connectivity index is 2.08. The minimum absolute atomic E-state index is 0.0360. The molecule has 6 heteroatoms. The highest BCUT2D eigenvalue weighted by atomic mass is 79.9. The zero-order valence-corrected chi connectivity index (χ0v) is 12.4. The normalized spacial score (nSPS) is 15.2. The summed E-state index contributed by atoms with van der Waals surface area (Å²) < 4.78 is 0.983. The van der Waals surface area contributed by atoms with E-state index < -0.39 is 0 Å². The molecule has 0 bridgehead atoms. The average Bonchev–Trinajstić information content (AvgIpc) is 2.93. The van der Waals surface area contributed by atoms with Gasteiger partial charge in [-0.1, -0.05) is 28.1 Å². The number of hydrogen-bond donors (Lipinski definition) is 1. The van der Waals surface area contributed by atoms with E-state index in [-0.39, 0.29) is 24.7 Å². The Bertz CT molecular complexity index is 691. The molecule has 1 fully saturated rings. The van der Waals surface area contributed by atoms with Crippen LogP contribution < -0.4 is 4.90 Å². The summed E-state index contributed by atoms with van der Waals surface area (Å²) in [5.74, 6) is 0.262. The van der Waals surface area contributed by atoms with Crippen LogP contribution in [-0.2, 0) is 9.59 Å². The van der Waals surface area contributed by atoms with Gasteiger partial charge in [0.25, 0.3) is 0 Å². The van der Waals surface area contributed by atoms with Crippen molar-refractivity contribution in [2.24, 2.45) is 0 Å². The first-order valence-corrected chi connectivity index (χ1v) is 6.98. The SMILES string of the molecule is Cc1[nH]nc(N2CC(=O)CC2=O)c1-c1ccc(Br)cc1. The fraction of sp³-hybridized carbons (Fsp3) is 0.214. The van der Waals surface area contributed by atoms with Crippen LogP contribution in [0.25, 0.3) is 11.1 Å². The molecule has 0 spiro atoms. The minimum atomic E-state index is -0.195. The van der Waals surface area contributed by atoms with Crippen molar-refractivity contribution in [3.8, 4) is 11.1 Å². The highest BCUT2D eigenvalue weighted by molar-refractivity contribution is 9.10. The summed E-state index contributed by atoms with van der Waals surface area (Å²) in [6.45, 7) is 2.00. The van der Waals surface area contributed by atoms with Gasteiger partial charge < -0.3 is 0 Å². The highest BCUT2D eigenvalue weighted by Gasteiger charge is 2.32. The van der Waals surface area contributed by atoms with Crippen molar-refractivity contribution in [3.05, 3.63) is 34.4 Å². The molecule has 5 nitrogen and oxygen atoms in total. The van der Waals surface area contributed by atoms with E-state index in [0.717, 1.165) is 21.3 Å². The van der Waals surface area contributed by atoms with Crippen LogP contribution in [0.2, 0.25) is 0 Å². The maximum Gasteiger partial charge on any atom is 0.236 e. The number of amides is 1. The van der Waals surface area contributed by atoms with E-state index in [1.54, 1.807) is 0 Å². The number of aryl methyl sites for hydroxylation is 1. The molecule has 1 aliphatic heterocycles. The molecule has 1 amide bonds. The molecule has 3 rings (SSSR count). The summed E-state index contributed by atoms with van der Waals surface area (Å²) in [7, 11) is 0. The first kappa shape index (κ1) is 13.1. The van der Waals surface area contributed by atoms with Crippen LogP contribution in [0.1, 0.15) is 12.1 Å². The van der Waals surface area contributed by atoms with Crippen molar-refractivity contribution >= 4 is 33.4 Å². The van der Waals surface area contributed by atoms with Crippen LogP contribution in [0, 0.1) is 6.92 Å². The summed E-state index contributed by atoms with van der Waals surface area (Å²) in [6.07, 6.45) is -0.0360. The van der Waals surface area contributed by atoms with E-state index in [1.807, 2.05) is 31.2 Å². The average molecular weight is 334 g/mol. The third-order valence-electron chi connectivity index (χ3n) is 3.30. The molecular weight excluding hydrogens is 322 g/mol. The van der Waals surface area contributed by atoms with E-state index >= 15 is 0 Å². The van der Waals surface area contributed by atoms with Crippen molar-refractivity contribution in [2.75, 3.05) is 11.4 Å². The summed E-state index contributed by atoms with van der Waals surface area (Å²) in [5.41, 5.74) is 2.69. The van der Waals surface area contributed by atoms with Crippen molar-refractivity contribution in [1.29, 1.82) is 0 Å². The number of aromatic amines is 1. The Morgan fingerprint density at radius 2 is 1.95 bits per heavy atom. The first-order valence-electron chi connectivity index (χ1n) is 6.19. The molecule has 2 aromatic rings. The van der Waals surface area contributed by atoms with Crippen LogP contribution in [0.3, 0.4) is 0 Å². The zero-order chi connectivity index (χ0) is 14.3. The molecule has 0 saturated carbocycles. The van der Waals surface area contributed by atoms with Gasteiger partial charge in [-0.05, 0) is 24.6 Å². The lowest BCUT2D eigenvalue weighted by molar-refractivity contribution is -0.121. The number of H-pyrrole nitrogens is 1. The van der Waals surface area contributed by atoms with Crippen LogP contribution in [0.5, 0.6) is 0 Å². The van der Waals surface area contributed by atoms with Gasteiger partial charge >= 0.3 is 0 Å². The molecule has 1 aromatic heterocycles. The number of Topliss-reactive ketones (excluding diaryl/α,β-unsaturated/α-hetero) is 1. The molecule has 20 heavy (non-hydrogen) atoms. The molecule has 0 aliphatic carbocycles. The van der Waals surface area contributed by atoms with E-state index in [9.17, 15) is 9.59 Å². The van der Waals surface area contributed by atoms with Gasteiger partial charge in [0.15, 0.2) is 11.6 Å². The second kappa shape index (κ2) is 4.86. The number of halogens is 1. The summed E-state index contributed by atoms with van der Waals surface area (Å²) >= 11 is 3.40. The lowest BCUT2D eigenvalue weighted by atomic mass is 10.1. The van der Waals surface area contributed by atoms with Crippen molar-refractivity contribution < 1.29 is 9.59 Å². The predicted octanol–water partition coefficient (Wildman–Crippen LogP) is 2.45. The number of rotatable bonds is 2. The first-order chi connectivity index (χ1) is 9.56. The molecule has 1 aliphatic rings. The molecular formula is C14H12BrN3O2. The molecule has 0 unspecified atom stereocenters. The fourth-order valence-electron chi connectivity index (χ4n) is 2.35. The monoisotopic (exact) mass is 333 g/mol. The van der Waals surface area contributed by atoms with E-state index in [0.29, 0.717) is 5.82 Å². The maximum atomic E-state index is 11.9. The number of nitrogens with zero attached hydrogens (tertiary/aromatic N) is 2. The Morgan fingerprint density at radius 3 is 2.55 bits per heavy atom. The van der Waals surface area contributed by atoms with Gasteiger partial charge in [0.05, 0.1) is 13.0 Å². The van der Waals surface area contributed by atoms with Gasteiger partial charge in [-0.2, -0.15) is 5.10 Å². The fourth-order valence-corrected chi connectivity index (χ4v) is 2.62. The Labute approximate surface area is 124 Å². The quantitative estimate of drug-likeness (QED) is 0.858. The van der Waals surface area contributed by atoms with E-state index in [2.05, 4.69) is 26.1 Å². The largest absolute Gasteiger partial charge is 0.297 e. The Kier molecular flexibility index (Phi) is 3.17. The maximum absolute atomic E-state index is 11.9. The summed E-state index contributed by atoms with van der Waals surface area (Å²) in [6, 6.07) is 7.77. The number of anilines is 1. The number of ketones is 1. The van der Waals surface area contributed by atoms with Crippen molar-refractivity contribution in [3.63, 3.8) is 0 Å². The molecule has 102 valence electrons. The minimum Gasteiger partial charge on any atom is -0.297 e. The molecule has 0 radical (unpaired) electrons. The lowest BCUT2D eigenvalue weighted by Crippen LogP contribution is -2.25. The topological polar surface area (TPSA) is 66.1 Å². The number of nitrogens with one attached hydrogen (secondary N) is 1. The number of hydrogen-bond acceptors (Lipinski definition) is 3. The third-order valence-corrected chi connectivity index (χ3v) is 3.83. The number of benzene rings is 1. The lowest BCUT2D eigenvalue weighted by Gasteiger charge is -2.14. The molecule has 1 saturated heterocycles. The third kappa shape index (κ3) is 2.16. The van der Waals surface area contributed by atoms with Gasteiger partial charge in [-0.3, -0.25) is 19.6 Å². The van der Waals surface area contributed by atoms with Crippen molar-refractivity contribution in [2.45, 2.75) is 13.3 Å². The smallest absolute Gasteiger partial charge is 0.236 e. The van der Waals surface area contributed by atoms with Gasteiger partial charge in [0.2, 0.25) is 5.91 Å². The highest BCUT2D eigenvalue weighted by Crippen LogP contribution is 2.34. The Hall–Kier alpha value is -1.95. The Morgan fingerprint density at radius 1 is 1.25 bits per heavy atom. The van der Waals surface area contributed by atoms with E-state index in [4.69, 9.17) is 0 Å². The number of carbonyl (C=O) groups is 2. The molecule has 0 atom stereocenters. The second-order valence-electron chi connectivity index (χ2n) is 4.75. The van der Waals surface area contributed by atoms with Crippen molar-refractivity contribution in [1.82, 2.24) is 10.2 Å².